The van der Waals surface area contributed by atoms with Crippen LogP contribution in [0.25, 0.3) is 0 Å². The predicted octanol–water partition coefficient (Wildman–Crippen LogP) is 2.52. The van der Waals surface area contributed by atoms with Gasteiger partial charge in [-0.2, -0.15) is 0 Å². The van der Waals surface area contributed by atoms with Gasteiger partial charge in [0.2, 0.25) is 5.91 Å². The van der Waals surface area contributed by atoms with E-state index in [-0.39, 0.29) is 5.91 Å². The van der Waals surface area contributed by atoms with Gasteiger partial charge < -0.3 is 9.80 Å². The molecule has 1 aromatic carbocycles. The lowest BCUT2D eigenvalue weighted by atomic mass is 10.1. The molecule has 0 saturated carbocycles. The Hall–Kier alpha value is -1.35. The highest BCUT2D eigenvalue weighted by atomic mass is 16.2. The highest BCUT2D eigenvalue weighted by Crippen LogP contribution is 2.21. The first-order valence-electron chi connectivity index (χ1n) is 6.78. The number of para-hydroxylation sites is 1. The van der Waals surface area contributed by atoms with Crippen LogP contribution in [0.2, 0.25) is 0 Å². The van der Waals surface area contributed by atoms with E-state index in [9.17, 15) is 4.79 Å². The number of hydrogen-bond donors (Lipinski definition) is 0. The number of anilines is 1. The number of hydrogen-bond acceptors (Lipinski definition) is 2. The van der Waals surface area contributed by atoms with Crippen LogP contribution >= 0.6 is 0 Å². The summed E-state index contributed by atoms with van der Waals surface area (Å²) in [6.45, 7) is 3.89. The maximum Gasteiger partial charge on any atom is 0.228 e. The zero-order valence-corrected chi connectivity index (χ0v) is 11.3. The molecule has 1 aromatic rings. The van der Waals surface area contributed by atoms with Gasteiger partial charge in [-0.05, 0) is 45.5 Å². The average Bonchev–Trinajstić information content (AvgIpc) is 2.77. The van der Waals surface area contributed by atoms with Crippen molar-refractivity contribution in [2.45, 2.75) is 32.2 Å². The number of amides is 1. The SMILES string of the molecule is CCN(C(=O)CC1CCCN1C)c1ccccc1. The van der Waals surface area contributed by atoms with Gasteiger partial charge in [-0.1, -0.05) is 18.2 Å². The molecule has 98 valence electrons. The van der Waals surface area contributed by atoms with Crippen LogP contribution in [0.1, 0.15) is 26.2 Å². The van der Waals surface area contributed by atoms with Crippen LogP contribution in [0.3, 0.4) is 0 Å². The van der Waals surface area contributed by atoms with Crippen LogP contribution in [0.4, 0.5) is 5.69 Å². The number of rotatable bonds is 4. The first-order valence-corrected chi connectivity index (χ1v) is 6.78. The number of benzene rings is 1. The van der Waals surface area contributed by atoms with Crippen molar-refractivity contribution in [1.29, 1.82) is 0 Å². The van der Waals surface area contributed by atoms with E-state index >= 15 is 0 Å². The quantitative estimate of drug-likeness (QED) is 0.815. The van der Waals surface area contributed by atoms with Crippen molar-refractivity contribution in [2.75, 3.05) is 25.0 Å². The van der Waals surface area contributed by atoms with E-state index in [1.54, 1.807) is 0 Å². The van der Waals surface area contributed by atoms with E-state index in [0.717, 1.165) is 25.2 Å². The molecule has 1 aliphatic rings. The average molecular weight is 246 g/mol. The normalized spacial score (nSPS) is 20.0. The molecule has 0 spiro atoms. The van der Waals surface area contributed by atoms with Gasteiger partial charge in [-0.25, -0.2) is 0 Å². The number of nitrogens with zero attached hydrogens (tertiary/aromatic N) is 2. The molecule has 3 nitrogen and oxygen atoms in total. The fourth-order valence-electron chi connectivity index (χ4n) is 2.66. The third-order valence-corrected chi connectivity index (χ3v) is 3.77. The largest absolute Gasteiger partial charge is 0.313 e. The van der Waals surface area contributed by atoms with Crippen LogP contribution in [0.5, 0.6) is 0 Å². The molecule has 1 saturated heterocycles. The van der Waals surface area contributed by atoms with E-state index in [1.807, 2.05) is 42.2 Å². The van der Waals surface area contributed by atoms with Crippen LogP contribution in [-0.4, -0.2) is 37.0 Å². The molecule has 0 aromatic heterocycles. The summed E-state index contributed by atoms with van der Waals surface area (Å²) in [5, 5.41) is 0. The molecule has 1 heterocycles. The summed E-state index contributed by atoms with van der Waals surface area (Å²) in [5.41, 5.74) is 1.01. The summed E-state index contributed by atoms with van der Waals surface area (Å²) in [6.07, 6.45) is 3.00. The van der Waals surface area contributed by atoms with Gasteiger partial charge in [0.05, 0.1) is 0 Å². The van der Waals surface area contributed by atoms with E-state index in [2.05, 4.69) is 11.9 Å². The maximum atomic E-state index is 12.4. The number of likely N-dealkylation sites (tertiary alicyclic amines) is 1. The van der Waals surface area contributed by atoms with E-state index < -0.39 is 0 Å². The van der Waals surface area contributed by atoms with Gasteiger partial charge in [0.15, 0.2) is 0 Å². The van der Waals surface area contributed by atoms with Crippen LogP contribution < -0.4 is 4.90 Å². The van der Waals surface area contributed by atoms with Crippen molar-refractivity contribution in [2.24, 2.45) is 0 Å². The van der Waals surface area contributed by atoms with Crippen LogP contribution in [0.15, 0.2) is 30.3 Å². The molecule has 1 fully saturated rings. The zero-order valence-electron chi connectivity index (χ0n) is 11.3. The molecule has 0 radical (unpaired) electrons. The Labute approximate surface area is 109 Å². The Bertz CT molecular complexity index is 391. The lowest BCUT2D eigenvalue weighted by Crippen LogP contribution is -2.36. The van der Waals surface area contributed by atoms with Crippen LogP contribution in [0, 0.1) is 0 Å². The van der Waals surface area contributed by atoms with E-state index in [4.69, 9.17) is 0 Å². The number of carbonyl (C=O) groups excluding carboxylic acids is 1. The minimum atomic E-state index is 0.238. The fraction of sp³-hybridized carbons (Fsp3) is 0.533. The molecule has 3 heteroatoms. The summed E-state index contributed by atoms with van der Waals surface area (Å²) in [4.78, 5) is 16.6. The highest BCUT2D eigenvalue weighted by Gasteiger charge is 2.25. The van der Waals surface area contributed by atoms with Crippen LogP contribution in [-0.2, 0) is 4.79 Å². The fourth-order valence-corrected chi connectivity index (χ4v) is 2.66. The second-order valence-corrected chi connectivity index (χ2v) is 4.95. The van der Waals surface area contributed by atoms with Gasteiger partial charge in [-0.3, -0.25) is 4.79 Å². The van der Waals surface area contributed by atoms with E-state index in [0.29, 0.717) is 12.5 Å². The Morgan fingerprint density at radius 2 is 2.11 bits per heavy atom. The van der Waals surface area contributed by atoms with Gasteiger partial charge in [0.25, 0.3) is 0 Å². The third kappa shape index (κ3) is 2.91. The molecule has 1 unspecified atom stereocenters. The monoisotopic (exact) mass is 246 g/mol. The minimum absolute atomic E-state index is 0.238. The zero-order chi connectivity index (χ0) is 13.0. The van der Waals surface area contributed by atoms with Crippen molar-refractivity contribution in [1.82, 2.24) is 4.90 Å². The molecular formula is C15H22N2O. The van der Waals surface area contributed by atoms with Gasteiger partial charge in [0.1, 0.15) is 0 Å². The van der Waals surface area contributed by atoms with Gasteiger partial charge in [0, 0.05) is 24.7 Å². The predicted molar refractivity (Wildman–Crippen MR) is 74.7 cm³/mol. The first-order chi connectivity index (χ1) is 8.72. The summed E-state index contributed by atoms with van der Waals surface area (Å²) < 4.78 is 0. The first kappa shape index (κ1) is 13.1. The second kappa shape index (κ2) is 6.01. The van der Waals surface area contributed by atoms with Crippen molar-refractivity contribution < 1.29 is 4.79 Å². The minimum Gasteiger partial charge on any atom is -0.313 e. The third-order valence-electron chi connectivity index (χ3n) is 3.77. The molecule has 2 rings (SSSR count). The Balaban J connectivity index is 2.02. The summed E-state index contributed by atoms with van der Waals surface area (Å²) in [5.74, 6) is 0.238. The summed E-state index contributed by atoms with van der Waals surface area (Å²) >= 11 is 0. The molecular weight excluding hydrogens is 224 g/mol. The topological polar surface area (TPSA) is 23.6 Å². The van der Waals surface area contributed by atoms with Crippen molar-refractivity contribution in [3.63, 3.8) is 0 Å². The molecule has 1 atom stereocenters. The summed E-state index contributed by atoms with van der Waals surface area (Å²) in [7, 11) is 2.11. The molecule has 1 aliphatic heterocycles. The smallest absolute Gasteiger partial charge is 0.228 e. The molecule has 0 bridgehead atoms. The molecule has 0 aliphatic carbocycles. The highest BCUT2D eigenvalue weighted by molar-refractivity contribution is 5.93. The molecule has 1 amide bonds. The van der Waals surface area contributed by atoms with Crippen molar-refractivity contribution in [3.8, 4) is 0 Å². The Morgan fingerprint density at radius 3 is 2.67 bits per heavy atom. The Kier molecular flexibility index (Phi) is 4.37. The molecule has 0 N–H and O–H groups in total. The van der Waals surface area contributed by atoms with Gasteiger partial charge >= 0.3 is 0 Å². The second-order valence-electron chi connectivity index (χ2n) is 4.95. The van der Waals surface area contributed by atoms with Crippen molar-refractivity contribution >= 4 is 11.6 Å². The maximum absolute atomic E-state index is 12.4. The lowest BCUT2D eigenvalue weighted by Gasteiger charge is -2.25. The van der Waals surface area contributed by atoms with Gasteiger partial charge in [-0.15, -0.1) is 0 Å². The van der Waals surface area contributed by atoms with Crippen molar-refractivity contribution in [3.05, 3.63) is 30.3 Å². The van der Waals surface area contributed by atoms with E-state index in [1.165, 1.54) is 6.42 Å². The summed E-state index contributed by atoms with van der Waals surface area (Å²) in [6, 6.07) is 10.4. The lowest BCUT2D eigenvalue weighted by molar-refractivity contribution is -0.119. The number of carbonyl (C=O) groups is 1. The Morgan fingerprint density at radius 1 is 1.39 bits per heavy atom. The standard InChI is InChI=1S/C15H22N2O/c1-3-17(13-8-5-4-6-9-13)15(18)12-14-10-7-11-16(14)2/h4-6,8-9,14H,3,7,10-12H2,1-2H3. The molecule has 18 heavy (non-hydrogen) atoms.